The number of nitrogens with one attached hydrogen (secondary N) is 1. The van der Waals surface area contributed by atoms with Crippen LogP contribution in [-0.2, 0) is 35.1 Å². The molecule has 46 heavy (non-hydrogen) atoms. The number of hydrogen-bond donors (Lipinski definition) is 2. The lowest BCUT2D eigenvalue weighted by Crippen LogP contribution is -2.59. The Kier molecular flexibility index (Phi) is 9.11. The first kappa shape index (κ1) is 31.7. The van der Waals surface area contributed by atoms with Crippen LogP contribution in [0.4, 0.5) is 0 Å². The summed E-state index contributed by atoms with van der Waals surface area (Å²) in [4.78, 5) is 59.3. The lowest BCUT2D eigenvalue weighted by Gasteiger charge is -2.40. The van der Waals surface area contributed by atoms with Gasteiger partial charge in [0.2, 0.25) is 17.7 Å². The SMILES string of the molecule is CC(C)N1C/C=C\CCC(=O)NC[C@@H](c2ccccc2)OC(=O)[C@@H]2[C@@H]3C=C[C@]4(O3)[C@H](C1=O)N([C@@H](CO)Cc1ccccc1)C(=O)[C@@H]24. The van der Waals surface area contributed by atoms with Crippen LogP contribution in [0.2, 0.25) is 0 Å². The molecule has 4 aliphatic heterocycles. The molecule has 10 heteroatoms. The van der Waals surface area contributed by atoms with Gasteiger partial charge in [-0.25, -0.2) is 0 Å². The first-order valence-electron chi connectivity index (χ1n) is 16.1. The Morgan fingerprint density at radius 1 is 0.978 bits per heavy atom. The number of allylic oxidation sites excluding steroid dienone is 1. The van der Waals surface area contributed by atoms with E-state index in [0.717, 1.165) is 5.56 Å². The van der Waals surface area contributed by atoms with Crippen molar-refractivity contribution in [2.45, 2.75) is 69.0 Å². The molecule has 0 aromatic heterocycles. The van der Waals surface area contributed by atoms with Crippen molar-refractivity contribution in [2.75, 3.05) is 19.7 Å². The summed E-state index contributed by atoms with van der Waals surface area (Å²) in [6, 6.07) is 16.6. The molecule has 0 radical (unpaired) electrons. The summed E-state index contributed by atoms with van der Waals surface area (Å²) in [5.41, 5.74) is 0.192. The largest absolute Gasteiger partial charge is 0.455 e. The maximum atomic E-state index is 14.7. The lowest BCUT2D eigenvalue weighted by atomic mass is 9.74. The van der Waals surface area contributed by atoms with Gasteiger partial charge in [-0.15, -0.1) is 0 Å². The third-order valence-corrected chi connectivity index (χ3v) is 9.56. The minimum atomic E-state index is -1.41. The van der Waals surface area contributed by atoms with Crippen LogP contribution in [0.25, 0.3) is 0 Å². The third kappa shape index (κ3) is 5.76. The monoisotopic (exact) mass is 627 g/mol. The van der Waals surface area contributed by atoms with Crippen molar-refractivity contribution in [3.63, 3.8) is 0 Å². The Morgan fingerprint density at radius 3 is 2.39 bits per heavy atom. The van der Waals surface area contributed by atoms with Crippen LogP contribution in [0.15, 0.2) is 85.0 Å². The molecule has 0 unspecified atom stereocenters. The van der Waals surface area contributed by atoms with E-state index in [-0.39, 0.29) is 44.0 Å². The number of carbonyl (C=O) groups is 4. The molecule has 2 aromatic rings. The number of rotatable bonds is 6. The summed E-state index contributed by atoms with van der Waals surface area (Å²) in [6.07, 6.45) is 6.68. The first-order valence-corrected chi connectivity index (χ1v) is 16.1. The molecule has 2 N–H and O–H groups in total. The normalized spacial score (nSPS) is 31.2. The van der Waals surface area contributed by atoms with E-state index in [9.17, 15) is 24.3 Å². The first-order chi connectivity index (χ1) is 22.2. The number of esters is 1. The fourth-order valence-electron chi connectivity index (χ4n) is 7.33. The molecule has 4 heterocycles. The maximum absolute atomic E-state index is 14.7. The number of fused-ring (bicyclic) bond motifs is 2. The molecule has 4 aliphatic rings. The molecule has 7 atom stereocenters. The Balaban J connectivity index is 1.43. The highest BCUT2D eigenvalue weighted by Gasteiger charge is 2.74. The Morgan fingerprint density at radius 2 is 1.70 bits per heavy atom. The number of carbonyl (C=O) groups excluding carboxylic acids is 4. The molecule has 2 aromatic carbocycles. The van der Waals surface area contributed by atoms with Crippen molar-refractivity contribution in [2.24, 2.45) is 11.8 Å². The minimum Gasteiger partial charge on any atom is -0.455 e. The van der Waals surface area contributed by atoms with E-state index in [1.807, 2.05) is 86.7 Å². The number of amides is 3. The van der Waals surface area contributed by atoms with Gasteiger partial charge in [-0.1, -0.05) is 85.0 Å². The summed E-state index contributed by atoms with van der Waals surface area (Å²) in [6.45, 7) is 3.74. The fourth-order valence-corrected chi connectivity index (χ4v) is 7.33. The van der Waals surface area contributed by atoms with Gasteiger partial charge in [0.1, 0.15) is 23.7 Å². The van der Waals surface area contributed by atoms with Crippen molar-refractivity contribution in [3.05, 3.63) is 96.1 Å². The van der Waals surface area contributed by atoms with Crippen LogP contribution in [-0.4, -0.2) is 88.1 Å². The quantitative estimate of drug-likeness (QED) is 0.373. The predicted molar refractivity (Wildman–Crippen MR) is 169 cm³/mol. The smallest absolute Gasteiger partial charge is 0.313 e. The Hall–Kier alpha value is -4.28. The van der Waals surface area contributed by atoms with Crippen LogP contribution >= 0.6 is 0 Å². The van der Waals surface area contributed by atoms with Crippen LogP contribution in [0.3, 0.4) is 0 Å². The molecule has 242 valence electrons. The van der Waals surface area contributed by atoms with E-state index in [1.54, 1.807) is 17.1 Å². The molecule has 10 nitrogen and oxygen atoms in total. The lowest BCUT2D eigenvalue weighted by molar-refractivity contribution is -0.160. The van der Waals surface area contributed by atoms with E-state index in [2.05, 4.69) is 5.32 Å². The highest BCUT2D eigenvalue weighted by atomic mass is 16.6. The number of nitrogens with zero attached hydrogens (tertiary/aromatic N) is 2. The highest BCUT2D eigenvalue weighted by molar-refractivity contribution is 5.99. The minimum absolute atomic E-state index is 0.0637. The highest BCUT2D eigenvalue weighted by Crippen LogP contribution is 2.56. The second kappa shape index (κ2) is 13.2. The van der Waals surface area contributed by atoms with Gasteiger partial charge in [0.15, 0.2) is 0 Å². The van der Waals surface area contributed by atoms with Crippen molar-refractivity contribution in [1.29, 1.82) is 0 Å². The van der Waals surface area contributed by atoms with Crippen LogP contribution in [0.5, 0.6) is 0 Å². The molecular weight excluding hydrogens is 586 g/mol. The molecule has 3 amide bonds. The number of cyclic esters (lactones) is 1. The van der Waals surface area contributed by atoms with Crippen molar-refractivity contribution >= 4 is 23.7 Å². The molecule has 5 bridgehead atoms. The zero-order chi connectivity index (χ0) is 32.4. The second-order valence-electron chi connectivity index (χ2n) is 12.7. The van der Waals surface area contributed by atoms with Gasteiger partial charge in [0, 0.05) is 19.0 Å². The van der Waals surface area contributed by atoms with Crippen LogP contribution < -0.4 is 5.32 Å². The molecule has 0 saturated carbocycles. The van der Waals surface area contributed by atoms with Gasteiger partial charge in [-0.05, 0) is 37.8 Å². The van der Waals surface area contributed by atoms with Gasteiger partial charge in [-0.2, -0.15) is 0 Å². The molecule has 0 aliphatic carbocycles. The van der Waals surface area contributed by atoms with Gasteiger partial charge in [-0.3, -0.25) is 19.2 Å². The summed E-state index contributed by atoms with van der Waals surface area (Å²) in [7, 11) is 0. The van der Waals surface area contributed by atoms with Crippen LogP contribution in [0, 0.1) is 11.8 Å². The van der Waals surface area contributed by atoms with E-state index in [1.165, 1.54) is 4.90 Å². The number of aliphatic hydroxyl groups excluding tert-OH is 1. The molecule has 6 rings (SSSR count). The molecular formula is C36H41N3O7. The number of aliphatic hydroxyl groups is 1. The van der Waals surface area contributed by atoms with Gasteiger partial charge < -0.3 is 29.7 Å². The van der Waals surface area contributed by atoms with Gasteiger partial charge >= 0.3 is 5.97 Å². The molecule has 1 spiro atoms. The van der Waals surface area contributed by atoms with Gasteiger partial charge in [0.05, 0.1) is 31.2 Å². The zero-order valence-electron chi connectivity index (χ0n) is 26.2. The number of likely N-dealkylation sites (tertiary alicyclic amines) is 1. The van der Waals surface area contributed by atoms with Crippen molar-refractivity contribution in [1.82, 2.24) is 15.1 Å². The summed E-state index contributed by atoms with van der Waals surface area (Å²) in [5, 5.41) is 13.6. The fraction of sp³-hybridized carbons (Fsp3) is 0.444. The zero-order valence-corrected chi connectivity index (χ0v) is 26.2. The Bertz CT molecular complexity index is 1510. The number of ether oxygens (including phenoxy) is 2. The van der Waals surface area contributed by atoms with E-state index >= 15 is 0 Å². The average molecular weight is 628 g/mol. The van der Waals surface area contributed by atoms with E-state index < -0.39 is 53.6 Å². The van der Waals surface area contributed by atoms with Crippen molar-refractivity contribution in [3.8, 4) is 0 Å². The topological polar surface area (TPSA) is 125 Å². The molecule has 2 fully saturated rings. The third-order valence-electron chi connectivity index (χ3n) is 9.56. The van der Waals surface area contributed by atoms with E-state index in [4.69, 9.17) is 9.47 Å². The number of hydrogen-bond acceptors (Lipinski definition) is 7. The second-order valence-corrected chi connectivity index (χ2v) is 12.7. The summed E-state index contributed by atoms with van der Waals surface area (Å²) >= 11 is 0. The van der Waals surface area contributed by atoms with Crippen molar-refractivity contribution < 1.29 is 33.8 Å². The standard InChI is InChI=1S/C36H41N3O7/c1-23(2)38-19-11-5-10-16-29(41)37-21-28(25-14-8-4-9-15-25)45-35(44)30-27-17-18-36(46-27)31(30)33(42)39(32(36)34(38)43)26(22-40)20-24-12-6-3-7-13-24/h3-9,11-15,17-18,23,26-28,30-32,40H,10,16,19-22H2,1-2H3,(H,37,41)/b11-5-/t26-,27+,28+,30-,31-,32+,36-/m1/s1. The number of benzene rings is 2. The average Bonchev–Trinajstić information content (AvgIpc) is 3.71. The Labute approximate surface area is 269 Å². The summed E-state index contributed by atoms with van der Waals surface area (Å²) < 4.78 is 12.6. The molecule has 2 saturated heterocycles. The maximum Gasteiger partial charge on any atom is 0.313 e. The van der Waals surface area contributed by atoms with E-state index in [0.29, 0.717) is 18.4 Å². The van der Waals surface area contributed by atoms with Gasteiger partial charge in [0.25, 0.3) is 0 Å². The predicted octanol–water partition coefficient (Wildman–Crippen LogP) is 2.73. The summed E-state index contributed by atoms with van der Waals surface area (Å²) in [5.74, 6) is -3.62. The van der Waals surface area contributed by atoms with Crippen LogP contribution in [0.1, 0.15) is 43.9 Å².